The Kier molecular flexibility index (Phi) is 7.46. The average molecular weight is 715 g/mol. The first kappa shape index (κ1) is 31.9. The van der Waals surface area contributed by atoms with E-state index in [0.717, 1.165) is 50.6 Å². The average Bonchev–Trinajstić information content (AvgIpc) is 3.78. The lowest BCUT2D eigenvalue weighted by Gasteiger charge is -2.12. The smallest absolute Gasteiger partial charge is 0.160 e. The zero-order chi connectivity index (χ0) is 37.0. The topological polar surface area (TPSA) is 35.6 Å². The highest BCUT2D eigenvalue weighted by atomic mass is 15.0. The summed E-state index contributed by atoms with van der Waals surface area (Å²) in [5.74, 6) is 0.698. The van der Waals surface area contributed by atoms with Crippen molar-refractivity contribution >= 4 is 43.6 Å². The maximum absolute atomic E-state index is 5.11. The first-order valence-corrected chi connectivity index (χ1v) is 19.0. The molecule has 11 aromatic rings. The Balaban J connectivity index is 1.07. The second kappa shape index (κ2) is 13.1. The minimum atomic E-state index is 0.698. The van der Waals surface area contributed by atoms with E-state index in [4.69, 9.17) is 9.97 Å². The zero-order valence-electron chi connectivity index (χ0n) is 30.4. The molecular formula is C52H34N4. The van der Waals surface area contributed by atoms with E-state index in [-0.39, 0.29) is 0 Å². The normalized spacial score (nSPS) is 11.6. The summed E-state index contributed by atoms with van der Waals surface area (Å²) in [7, 11) is 0. The van der Waals surface area contributed by atoms with Crippen molar-refractivity contribution in [2.24, 2.45) is 0 Å². The molecular weight excluding hydrogens is 681 g/mol. The Hall–Kier alpha value is -7.56. The molecule has 0 saturated carbocycles. The van der Waals surface area contributed by atoms with Crippen LogP contribution in [0.15, 0.2) is 206 Å². The molecule has 4 nitrogen and oxygen atoms in total. The van der Waals surface area contributed by atoms with Gasteiger partial charge in [-0.1, -0.05) is 146 Å². The van der Waals surface area contributed by atoms with Crippen LogP contribution in [0.4, 0.5) is 0 Å². The quantitative estimate of drug-likeness (QED) is 0.172. The van der Waals surface area contributed by atoms with Gasteiger partial charge in [0.1, 0.15) is 0 Å². The fourth-order valence-corrected chi connectivity index (χ4v) is 8.32. The van der Waals surface area contributed by atoms with Gasteiger partial charge in [-0.3, -0.25) is 0 Å². The summed E-state index contributed by atoms with van der Waals surface area (Å²) >= 11 is 0. The molecule has 11 rings (SSSR count). The van der Waals surface area contributed by atoms with Gasteiger partial charge in [-0.25, -0.2) is 9.97 Å². The molecule has 0 aliphatic heterocycles. The fraction of sp³-hybridized carbons (Fsp3) is 0. The van der Waals surface area contributed by atoms with Gasteiger partial charge < -0.3 is 9.13 Å². The van der Waals surface area contributed by atoms with E-state index >= 15 is 0 Å². The molecule has 3 heterocycles. The van der Waals surface area contributed by atoms with Crippen LogP contribution in [0, 0.1) is 0 Å². The van der Waals surface area contributed by atoms with E-state index in [0.29, 0.717) is 5.82 Å². The summed E-state index contributed by atoms with van der Waals surface area (Å²) in [5.41, 5.74) is 14.1. The number of nitrogens with zero attached hydrogens (tertiary/aromatic N) is 4. The summed E-state index contributed by atoms with van der Waals surface area (Å²) in [6.07, 6.45) is 0. The van der Waals surface area contributed by atoms with E-state index in [1.54, 1.807) is 0 Å². The third-order valence-electron chi connectivity index (χ3n) is 10.9. The zero-order valence-corrected chi connectivity index (χ0v) is 30.4. The number of rotatable bonds is 6. The lowest BCUT2D eigenvalue weighted by molar-refractivity contribution is 1.17. The van der Waals surface area contributed by atoms with Crippen LogP contribution in [0.1, 0.15) is 0 Å². The predicted octanol–water partition coefficient (Wildman–Crippen LogP) is 13.3. The first-order valence-electron chi connectivity index (χ1n) is 19.0. The van der Waals surface area contributed by atoms with Crippen molar-refractivity contribution in [1.82, 2.24) is 19.1 Å². The Morgan fingerprint density at radius 3 is 1.29 bits per heavy atom. The molecule has 0 saturated heterocycles. The van der Waals surface area contributed by atoms with Gasteiger partial charge in [-0.15, -0.1) is 0 Å². The van der Waals surface area contributed by atoms with Crippen LogP contribution in [0.25, 0.3) is 100 Å². The van der Waals surface area contributed by atoms with Crippen LogP contribution in [0.2, 0.25) is 0 Å². The van der Waals surface area contributed by atoms with Crippen molar-refractivity contribution in [2.75, 3.05) is 0 Å². The minimum Gasteiger partial charge on any atom is -0.309 e. The monoisotopic (exact) mass is 714 g/mol. The van der Waals surface area contributed by atoms with Crippen LogP contribution in [-0.4, -0.2) is 19.1 Å². The lowest BCUT2D eigenvalue weighted by atomic mass is 10.0. The van der Waals surface area contributed by atoms with Crippen LogP contribution < -0.4 is 0 Å². The highest BCUT2D eigenvalue weighted by Crippen LogP contribution is 2.40. The van der Waals surface area contributed by atoms with Crippen LogP contribution in [-0.2, 0) is 0 Å². The molecule has 0 amide bonds. The van der Waals surface area contributed by atoms with E-state index in [1.165, 1.54) is 43.6 Å². The number of aromatic nitrogens is 4. The summed E-state index contributed by atoms with van der Waals surface area (Å²) in [5, 5.41) is 4.93. The number of benzene rings is 8. The maximum Gasteiger partial charge on any atom is 0.160 e. The van der Waals surface area contributed by atoms with Gasteiger partial charge >= 0.3 is 0 Å². The Morgan fingerprint density at radius 2 is 0.696 bits per heavy atom. The first-order chi connectivity index (χ1) is 27.8. The van der Waals surface area contributed by atoms with Crippen molar-refractivity contribution < 1.29 is 0 Å². The Labute approximate surface area is 324 Å². The van der Waals surface area contributed by atoms with Gasteiger partial charge in [0.25, 0.3) is 0 Å². The molecule has 0 spiro atoms. The molecule has 0 aliphatic rings. The fourth-order valence-electron chi connectivity index (χ4n) is 8.32. The van der Waals surface area contributed by atoms with Gasteiger partial charge in [0.05, 0.1) is 33.5 Å². The molecule has 0 N–H and O–H groups in total. The van der Waals surface area contributed by atoms with Gasteiger partial charge in [-0.2, -0.15) is 0 Å². The van der Waals surface area contributed by atoms with Crippen molar-refractivity contribution in [3.8, 4) is 56.4 Å². The molecule has 0 radical (unpaired) electrons. The van der Waals surface area contributed by atoms with Crippen molar-refractivity contribution in [3.63, 3.8) is 0 Å². The van der Waals surface area contributed by atoms with Crippen LogP contribution in [0.5, 0.6) is 0 Å². The lowest BCUT2D eigenvalue weighted by Crippen LogP contribution is -1.96. The Morgan fingerprint density at radius 1 is 0.268 bits per heavy atom. The third kappa shape index (κ3) is 5.31. The molecule has 0 unspecified atom stereocenters. The third-order valence-corrected chi connectivity index (χ3v) is 10.9. The molecule has 56 heavy (non-hydrogen) atoms. The van der Waals surface area contributed by atoms with Gasteiger partial charge in [0, 0.05) is 49.6 Å². The molecule has 3 aromatic heterocycles. The second-order valence-corrected chi connectivity index (χ2v) is 14.3. The van der Waals surface area contributed by atoms with Crippen molar-refractivity contribution in [1.29, 1.82) is 0 Å². The summed E-state index contributed by atoms with van der Waals surface area (Å²) < 4.78 is 4.82. The van der Waals surface area contributed by atoms with Crippen molar-refractivity contribution in [3.05, 3.63) is 206 Å². The van der Waals surface area contributed by atoms with Gasteiger partial charge in [-0.05, 0) is 71.8 Å². The molecule has 0 atom stereocenters. The number of para-hydroxylation sites is 3. The van der Waals surface area contributed by atoms with E-state index in [9.17, 15) is 0 Å². The summed E-state index contributed by atoms with van der Waals surface area (Å²) in [6.45, 7) is 0. The molecule has 262 valence electrons. The number of fused-ring (bicyclic) bond motifs is 6. The van der Waals surface area contributed by atoms with E-state index < -0.39 is 0 Å². The number of hydrogen-bond donors (Lipinski definition) is 0. The minimum absolute atomic E-state index is 0.698. The standard InChI is InChI=1S/C52H34N4/c1-4-16-35(17-5-1)46-34-47(36-18-6-2-7-19-36)54-52(53-46)39-22-14-20-37(30-39)38-21-15-25-41(31-38)56-49-29-13-11-27-43(49)45-32-50-44(33-51(45)56)42-26-10-12-28-48(42)55(50)40-23-8-3-9-24-40/h1-34H. The molecule has 8 aromatic carbocycles. The molecule has 4 heteroatoms. The van der Waals surface area contributed by atoms with E-state index in [1.807, 2.05) is 12.1 Å². The second-order valence-electron chi connectivity index (χ2n) is 14.3. The maximum atomic E-state index is 5.11. The highest BCUT2D eigenvalue weighted by molar-refractivity contribution is 6.19. The SMILES string of the molecule is c1ccc(-c2cc(-c3ccccc3)nc(-c3cccc(-c4cccc(-n5c6ccccc6c6cc7c(cc65)c5ccccc5n7-c5ccccc5)c4)c3)n2)cc1. The van der Waals surface area contributed by atoms with E-state index in [2.05, 4.69) is 203 Å². The highest BCUT2D eigenvalue weighted by Gasteiger charge is 2.19. The van der Waals surface area contributed by atoms with Crippen LogP contribution in [0.3, 0.4) is 0 Å². The molecule has 0 fully saturated rings. The summed E-state index contributed by atoms with van der Waals surface area (Å²) in [4.78, 5) is 10.2. The largest absolute Gasteiger partial charge is 0.309 e. The predicted molar refractivity (Wildman–Crippen MR) is 232 cm³/mol. The van der Waals surface area contributed by atoms with Gasteiger partial charge in [0.2, 0.25) is 0 Å². The molecule has 0 aliphatic carbocycles. The number of hydrogen-bond acceptors (Lipinski definition) is 2. The molecule has 0 bridgehead atoms. The Bertz CT molecular complexity index is 3170. The van der Waals surface area contributed by atoms with Gasteiger partial charge in [0.15, 0.2) is 5.82 Å². The summed E-state index contributed by atoms with van der Waals surface area (Å²) in [6, 6.07) is 73.2. The van der Waals surface area contributed by atoms with Crippen molar-refractivity contribution in [2.45, 2.75) is 0 Å². The van der Waals surface area contributed by atoms with Crippen LogP contribution >= 0.6 is 0 Å².